The van der Waals surface area contributed by atoms with E-state index in [1.807, 2.05) is 54.6 Å². The number of amides is 1. The standard InChI is InChI=1S/C26H21Cl2N3OS2/c1-2-30-21-16-19(28)11-12-22(21)33-25(30)23-24(32)31(14-13-17-7-4-3-5-8-17)26(34-23)29-20-10-6-9-18(27)15-20/h3-12,15-16H,2,13-14H2,1H3. The van der Waals surface area contributed by atoms with Crippen LogP contribution in [0.1, 0.15) is 12.5 Å². The molecule has 4 nitrogen and oxygen atoms in total. The Kier molecular flexibility index (Phi) is 6.93. The zero-order valence-corrected chi connectivity index (χ0v) is 21.5. The summed E-state index contributed by atoms with van der Waals surface area (Å²) in [5.41, 5.74) is 2.93. The summed E-state index contributed by atoms with van der Waals surface area (Å²) in [4.78, 5) is 24.3. The number of hydrogen-bond donors (Lipinski definition) is 0. The summed E-state index contributed by atoms with van der Waals surface area (Å²) in [7, 11) is 0. The van der Waals surface area contributed by atoms with Crippen LogP contribution in [0, 0.1) is 0 Å². The van der Waals surface area contributed by atoms with E-state index in [2.05, 4.69) is 24.0 Å². The van der Waals surface area contributed by atoms with Crippen LogP contribution in [0.3, 0.4) is 0 Å². The minimum atomic E-state index is -0.0263. The van der Waals surface area contributed by atoms with E-state index in [0.29, 0.717) is 26.7 Å². The molecule has 0 bridgehead atoms. The van der Waals surface area contributed by atoms with Gasteiger partial charge in [0, 0.05) is 28.0 Å². The molecule has 0 aromatic heterocycles. The van der Waals surface area contributed by atoms with E-state index in [9.17, 15) is 4.79 Å². The summed E-state index contributed by atoms with van der Waals surface area (Å²) in [6.45, 7) is 3.36. The van der Waals surface area contributed by atoms with Crippen LogP contribution >= 0.6 is 46.7 Å². The van der Waals surface area contributed by atoms with Crippen molar-refractivity contribution in [1.29, 1.82) is 0 Å². The van der Waals surface area contributed by atoms with Gasteiger partial charge in [0.1, 0.15) is 9.93 Å². The molecule has 0 aliphatic carbocycles. The highest BCUT2D eigenvalue weighted by Crippen LogP contribution is 2.51. The van der Waals surface area contributed by atoms with Crippen molar-refractivity contribution in [2.24, 2.45) is 4.99 Å². The first kappa shape index (κ1) is 23.4. The van der Waals surface area contributed by atoms with Crippen LogP contribution in [0.4, 0.5) is 11.4 Å². The smallest absolute Gasteiger partial charge is 0.269 e. The monoisotopic (exact) mass is 525 g/mol. The molecule has 3 aromatic rings. The SMILES string of the molecule is CCN1C(=C2SC(=Nc3cccc(Cl)c3)N(CCc3ccccc3)C2=O)Sc2ccc(Cl)cc21. The highest BCUT2D eigenvalue weighted by molar-refractivity contribution is 8.19. The van der Waals surface area contributed by atoms with Crippen molar-refractivity contribution in [2.75, 3.05) is 18.0 Å². The molecule has 1 fully saturated rings. The third kappa shape index (κ3) is 4.73. The van der Waals surface area contributed by atoms with E-state index >= 15 is 0 Å². The van der Waals surface area contributed by atoms with Gasteiger partial charge in [0.25, 0.3) is 5.91 Å². The average Bonchev–Trinajstić information content (AvgIpc) is 3.34. The molecule has 2 heterocycles. The lowest BCUT2D eigenvalue weighted by molar-refractivity contribution is -0.122. The summed E-state index contributed by atoms with van der Waals surface area (Å²) in [5.74, 6) is -0.0263. The lowest BCUT2D eigenvalue weighted by Crippen LogP contribution is -2.32. The third-order valence-corrected chi connectivity index (χ3v) is 8.39. The van der Waals surface area contributed by atoms with Gasteiger partial charge in [-0.15, -0.1) is 0 Å². The number of amidine groups is 1. The van der Waals surface area contributed by atoms with Gasteiger partial charge < -0.3 is 4.90 Å². The Morgan fingerprint density at radius 3 is 2.44 bits per heavy atom. The largest absolute Gasteiger partial charge is 0.334 e. The van der Waals surface area contributed by atoms with Crippen molar-refractivity contribution in [3.8, 4) is 0 Å². The fourth-order valence-electron chi connectivity index (χ4n) is 3.90. The van der Waals surface area contributed by atoms with E-state index in [-0.39, 0.29) is 5.91 Å². The first-order valence-corrected chi connectivity index (χ1v) is 13.3. The number of rotatable bonds is 5. The Labute approximate surface area is 217 Å². The van der Waals surface area contributed by atoms with Crippen molar-refractivity contribution in [2.45, 2.75) is 18.2 Å². The summed E-state index contributed by atoms with van der Waals surface area (Å²) in [6, 6.07) is 23.4. The fourth-order valence-corrected chi connectivity index (χ4v) is 6.65. The summed E-state index contributed by atoms with van der Waals surface area (Å²) >= 11 is 15.5. The summed E-state index contributed by atoms with van der Waals surface area (Å²) in [6.07, 6.45) is 0.741. The highest BCUT2D eigenvalue weighted by Gasteiger charge is 2.39. The number of hydrogen-bond acceptors (Lipinski definition) is 5. The molecular formula is C26H21Cl2N3OS2. The molecule has 34 heavy (non-hydrogen) atoms. The third-order valence-electron chi connectivity index (χ3n) is 5.54. The van der Waals surface area contributed by atoms with E-state index in [0.717, 1.165) is 34.3 Å². The number of fused-ring (bicyclic) bond motifs is 1. The topological polar surface area (TPSA) is 35.9 Å². The fraction of sp³-hybridized carbons (Fsp3) is 0.154. The predicted molar refractivity (Wildman–Crippen MR) is 145 cm³/mol. The maximum absolute atomic E-state index is 13.7. The molecule has 172 valence electrons. The minimum Gasteiger partial charge on any atom is -0.334 e. The van der Waals surface area contributed by atoms with Crippen molar-refractivity contribution in [3.63, 3.8) is 0 Å². The number of carbonyl (C=O) groups excluding carboxylic acids is 1. The van der Waals surface area contributed by atoms with Crippen LogP contribution < -0.4 is 4.90 Å². The van der Waals surface area contributed by atoms with Crippen LogP contribution in [-0.4, -0.2) is 29.1 Å². The summed E-state index contributed by atoms with van der Waals surface area (Å²) in [5, 5.41) is 2.88. The maximum Gasteiger partial charge on any atom is 0.269 e. The molecule has 2 aliphatic heterocycles. The van der Waals surface area contributed by atoms with Gasteiger partial charge in [0.05, 0.1) is 11.4 Å². The van der Waals surface area contributed by atoms with Gasteiger partial charge in [0.15, 0.2) is 5.17 Å². The van der Waals surface area contributed by atoms with Crippen LogP contribution in [-0.2, 0) is 11.2 Å². The zero-order valence-electron chi connectivity index (χ0n) is 18.4. The molecule has 2 aliphatic rings. The van der Waals surface area contributed by atoms with E-state index in [4.69, 9.17) is 28.2 Å². The molecule has 0 unspecified atom stereocenters. The van der Waals surface area contributed by atoms with Gasteiger partial charge in [0.2, 0.25) is 0 Å². The van der Waals surface area contributed by atoms with Gasteiger partial charge in [-0.25, -0.2) is 4.99 Å². The molecule has 0 N–H and O–H groups in total. The first-order chi connectivity index (χ1) is 16.5. The van der Waals surface area contributed by atoms with Crippen molar-refractivity contribution in [3.05, 3.63) is 98.3 Å². The van der Waals surface area contributed by atoms with E-state index in [1.54, 1.807) is 22.7 Å². The van der Waals surface area contributed by atoms with Crippen molar-refractivity contribution >= 4 is 69.2 Å². The van der Waals surface area contributed by atoms with E-state index in [1.165, 1.54) is 17.3 Å². The van der Waals surface area contributed by atoms with Gasteiger partial charge in [-0.3, -0.25) is 9.69 Å². The van der Waals surface area contributed by atoms with Gasteiger partial charge in [-0.05, 0) is 67.1 Å². The first-order valence-electron chi connectivity index (χ1n) is 10.9. The molecule has 5 rings (SSSR count). The van der Waals surface area contributed by atoms with Crippen LogP contribution in [0.5, 0.6) is 0 Å². The second-order valence-electron chi connectivity index (χ2n) is 7.76. The normalized spacial score (nSPS) is 18.8. The second kappa shape index (κ2) is 10.1. The lowest BCUT2D eigenvalue weighted by Gasteiger charge is -2.19. The van der Waals surface area contributed by atoms with Gasteiger partial charge in [-0.1, -0.05) is 71.4 Å². The number of carbonyl (C=O) groups is 1. The highest BCUT2D eigenvalue weighted by atomic mass is 35.5. The molecule has 8 heteroatoms. The zero-order chi connectivity index (χ0) is 23.7. The molecule has 1 amide bonds. The number of anilines is 1. The average molecular weight is 527 g/mol. The molecule has 0 atom stereocenters. The second-order valence-corrected chi connectivity index (χ2v) is 10.6. The minimum absolute atomic E-state index is 0.0263. The summed E-state index contributed by atoms with van der Waals surface area (Å²) < 4.78 is 0. The predicted octanol–water partition coefficient (Wildman–Crippen LogP) is 7.60. The number of nitrogens with zero attached hydrogens (tertiary/aromatic N) is 3. The van der Waals surface area contributed by atoms with Crippen molar-refractivity contribution in [1.82, 2.24) is 4.90 Å². The lowest BCUT2D eigenvalue weighted by atomic mass is 10.1. The molecule has 1 saturated heterocycles. The number of thioether (sulfide) groups is 2. The van der Waals surface area contributed by atoms with Gasteiger partial charge >= 0.3 is 0 Å². The molecular weight excluding hydrogens is 505 g/mol. The Morgan fingerprint density at radius 2 is 1.68 bits per heavy atom. The van der Waals surface area contributed by atoms with Crippen LogP contribution in [0.2, 0.25) is 10.0 Å². The Balaban J connectivity index is 1.52. The molecule has 0 radical (unpaired) electrons. The van der Waals surface area contributed by atoms with Crippen LogP contribution in [0.25, 0.3) is 0 Å². The van der Waals surface area contributed by atoms with E-state index < -0.39 is 0 Å². The Morgan fingerprint density at radius 1 is 0.882 bits per heavy atom. The maximum atomic E-state index is 13.7. The van der Waals surface area contributed by atoms with Crippen LogP contribution in [0.15, 0.2) is 92.6 Å². The number of aliphatic imine (C=N–C) groups is 1. The van der Waals surface area contributed by atoms with Gasteiger partial charge in [-0.2, -0.15) is 0 Å². The Hall–Kier alpha value is -2.38. The number of benzene rings is 3. The molecule has 3 aromatic carbocycles. The molecule has 0 spiro atoms. The number of halogens is 2. The van der Waals surface area contributed by atoms with Crippen molar-refractivity contribution < 1.29 is 4.79 Å². The Bertz CT molecular complexity index is 1310. The molecule has 0 saturated carbocycles. The quantitative estimate of drug-likeness (QED) is 0.321.